The lowest BCUT2D eigenvalue weighted by Gasteiger charge is -2.33. The van der Waals surface area contributed by atoms with Gasteiger partial charge in [-0.2, -0.15) is 0 Å². The highest BCUT2D eigenvalue weighted by molar-refractivity contribution is 5.18. The lowest BCUT2D eigenvalue weighted by atomic mass is 9.76. The third-order valence-corrected chi connectivity index (χ3v) is 6.45. The summed E-state index contributed by atoms with van der Waals surface area (Å²) >= 11 is 0. The van der Waals surface area contributed by atoms with Crippen molar-refractivity contribution in [1.82, 2.24) is 4.90 Å². The van der Waals surface area contributed by atoms with E-state index in [9.17, 15) is 0 Å². The van der Waals surface area contributed by atoms with Crippen LogP contribution in [0.2, 0.25) is 0 Å². The van der Waals surface area contributed by atoms with Gasteiger partial charge < -0.3 is 0 Å². The molecular weight excluding hydrogens is 386 g/mol. The molecule has 2 aromatic carbocycles. The van der Waals surface area contributed by atoms with Crippen molar-refractivity contribution >= 4 is 0 Å². The Morgan fingerprint density at radius 3 is 1.78 bits per heavy atom. The summed E-state index contributed by atoms with van der Waals surface area (Å²) < 4.78 is 0. The van der Waals surface area contributed by atoms with Crippen LogP contribution in [0.15, 0.2) is 60.7 Å². The zero-order valence-corrected chi connectivity index (χ0v) is 22.6. The second-order valence-electron chi connectivity index (χ2n) is 8.20. The minimum absolute atomic E-state index is 0.486. The minimum Gasteiger partial charge on any atom is -0.300 e. The highest BCUT2D eigenvalue weighted by Crippen LogP contribution is 2.34. The van der Waals surface area contributed by atoms with Crippen molar-refractivity contribution in [3.8, 4) is 0 Å². The molecule has 0 spiro atoms. The third-order valence-electron chi connectivity index (χ3n) is 6.45. The Kier molecular flexibility index (Phi) is 19.0. The quantitative estimate of drug-likeness (QED) is 0.395. The van der Waals surface area contributed by atoms with Crippen molar-refractivity contribution in [2.75, 3.05) is 13.6 Å². The Morgan fingerprint density at radius 1 is 0.750 bits per heavy atom. The standard InChI is InChI=1S/C25H35N.3C2H6/c1-21(23-14-8-4-9-15-23)26(2)19-18-25(24-16-10-5-11-17-24)20-22-12-6-3-7-13-22;3*1-2/h3-4,6-9,12-15,21,24-25H,5,10-11,16-20H2,1-2H3;3*1-2H3. The van der Waals surface area contributed by atoms with Crippen molar-refractivity contribution in [3.63, 3.8) is 0 Å². The lowest BCUT2D eigenvalue weighted by Crippen LogP contribution is -2.28. The Hall–Kier alpha value is -1.60. The summed E-state index contributed by atoms with van der Waals surface area (Å²) in [7, 11) is 2.29. The minimum atomic E-state index is 0.486. The van der Waals surface area contributed by atoms with Gasteiger partial charge in [0, 0.05) is 6.04 Å². The van der Waals surface area contributed by atoms with Gasteiger partial charge in [-0.15, -0.1) is 0 Å². The number of hydrogen-bond acceptors (Lipinski definition) is 1. The molecule has 0 aliphatic heterocycles. The van der Waals surface area contributed by atoms with Gasteiger partial charge in [-0.25, -0.2) is 0 Å². The predicted octanol–water partition coefficient (Wildman–Crippen LogP) is 9.59. The Labute approximate surface area is 201 Å². The molecule has 1 aliphatic rings. The van der Waals surface area contributed by atoms with Crippen LogP contribution in [0.4, 0.5) is 0 Å². The predicted molar refractivity (Wildman–Crippen MR) is 146 cm³/mol. The van der Waals surface area contributed by atoms with Crippen LogP contribution in [-0.2, 0) is 6.42 Å². The molecule has 0 heterocycles. The van der Waals surface area contributed by atoms with Crippen LogP contribution < -0.4 is 0 Å². The topological polar surface area (TPSA) is 3.24 Å². The molecule has 2 aromatic rings. The van der Waals surface area contributed by atoms with Crippen molar-refractivity contribution in [2.24, 2.45) is 11.8 Å². The van der Waals surface area contributed by atoms with Gasteiger partial charge in [-0.1, -0.05) is 134 Å². The van der Waals surface area contributed by atoms with Crippen LogP contribution in [0.25, 0.3) is 0 Å². The van der Waals surface area contributed by atoms with Crippen molar-refractivity contribution in [2.45, 2.75) is 99.5 Å². The van der Waals surface area contributed by atoms with E-state index in [1.807, 2.05) is 41.5 Å². The number of nitrogens with zero attached hydrogens (tertiary/aromatic N) is 1. The van der Waals surface area contributed by atoms with E-state index < -0.39 is 0 Å². The molecule has 1 fully saturated rings. The first-order chi connectivity index (χ1) is 15.7. The van der Waals surface area contributed by atoms with E-state index in [-0.39, 0.29) is 0 Å². The summed E-state index contributed by atoms with van der Waals surface area (Å²) in [6.07, 6.45) is 9.76. The Bertz CT molecular complexity index is 615. The monoisotopic (exact) mass is 439 g/mol. The maximum absolute atomic E-state index is 2.54. The van der Waals surface area contributed by atoms with Crippen molar-refractivity contribution < 1.29 is 0 Å². The number of hydrogen-bond donors (Lipinski definition) is 0. The van der Waals surface area contributed by atoms with Gasteiger partial charge in [-0.3, -0.25) is 4.90 Å². The van der Waals surface area contributed by atoms with Crippen LogP contribution in [0.1, 0.15) is 104 Å². The van der Waals surface area contributed by atoms with Gasteiger partial charge in [0.2, 0.25) is 0 Å². The summed E-state index contributed by atoms with van der Waals surface area (Å²) in [5.41, 5.74) is 2.94. The summed E-state index contributed by atoms with van der Waals surface area (Å²) in [6, 6.07) is 22.5. The number of benzene rings is 2. The molecule has 0 radical (unpaired) electrons. The SMILES string of the molecule is CC.CC.CC.CC(c1ccccc1)N(C)CCC(Cc1ccccc1)C1CCCCC1. The molecule has 0 aromatic heterocycles. The van der Waals surface area contributed by atoms with Gasteiger partial charge in [0.15, 0.2) is 0 Å². The normalized spacial score (nSPS) is 15.2. The molecule has 2 atom stereocenters. The van der Waals surface area contributed by atoms with E-state index in [2.05, 4.69) is 79.5 Å². The lowest BCUT2D eigenvalue weighted by molar-refractivity contribution is 0.188. The van der Waals surface area contributed by atoms with E-state index in [0.29, 0.717) is 6.04 Å². The first kappa shape index (κ1) is 30.4. The van der Waals surface area contributed by atoms with Gasteiger partial charge >= 0.3 is 0 Å². The Balaban J connectivity index is 0.00000148. The maximum atomic E-state index is 2.54. The van der Waals surface area contributed by atoms with Gasteiger partial charge in [-0.05, 0) is 56.3 Å². The zero-order chi connectivity index (χ0) is 24.2. The van der Waals surface area contributed by atoms with Crippen molar-refractivity contribution in [1.29, 1.82) is 0 Å². The molecular formula is C31H53N. The fraction of sp³-hybridized carbons (Fsp3) is 0.613. The van der Waals surface area contributed by atoms with E-state index in [4.69, 9.17) is 0 Å². The maximum Gasteiger partial charge on any atom is 0.0316 e. The third kappa shape index (κ3) is 11.3. The molecule has 1 saturated carbocycles. The molecule has 0 bridgehead atoms. The molecule has 1 aliphatic carbocycles. The molecule has 0 amide bonds. The molecule has 0 saturated heterocycles. The molecule has 0 N–H and O–H groups in total. The molecule has 2 unspecified atom stereocenters. The van der Waals surface area contributed by atoms with Crippen LogP contribution in [0.3, 0.4) is 0 Å². The molecule has 1 nitrogen and oxygen atoms in total. The molecule has 32 heavy (non-hydrogen) atoms. The van der Waals surface area contributed by atoms with Crippen molar-refractivity contribution in [3.05, 3.63) is 71.8 Å². The fourth-order valence-electron chi connectivity index (χ4n) is 4.58. The molecule has 3 rings (SSSR count). The highest BCUT2D eigenvalue weighted by Gasteiger charge is 2.24. The van der Waals surface area contributed by atoms with E-state index >= 15 is 0 Å². The summed E-state index contributed by atoms with van der Waals surface area (Å²) in [5.74, 6) is 1.74. The first-order valence-corrected chi connectivity index (χ1v) is 13.5. The largest absolute Gasteiger partial charge is 0.300 e. The van der Waals surface area contributed by atoms with Gasteiger partial charge in [0.05, 0.1) is 0 Å². The zero-order valence-electron chi connectivity index (χ0n) is 22.6. The second-order valence-corrected chi connectivity index (χ2v) is 8.20. The van der Waals surface area contributed by atoms with Crippen LogP contribution in [0, 0.1) is 11.8 Å². The van der Waals surface area contributed by atoms with Gasteiger partial charge in [0.25, 0.3) is 0 Å². The van der Waals surface area contributed by atoms with E-state index in [1.165, 1.54) is 62.6 Å². The van der Waals surface area contributed by atoms with Crippen LogP contribution in [0.5, 0.6) is 0 Å². The fourth-order valence-corrected chi connectivity index (χ4v) is 4.58. The summed E-state index contributed by atoms with van der Waals surface area (Å²) in [5, 5.41) is 0. The number of rotatable bonds is 8. The molecule has 1 heteroatoms. The first-order valence-electron chi connectivity index (χ1n) is 13.5. The highest BCUT2D eigenvalue weighted by atomic mass is 15.1. The smallest absolute Gasteiger partial charge is 0.0316 e. The summed E-state index contributed by atoms with van der Waals surface area (Å²) in [4.78, 5) is 2.54. The summed E-state index contributed by atoms with van der Waals surface area (Å²) in [6.45, 7) is 15.5. The second kappa shape index (κ2) is 20.0. The van der Waals surface area contributed by atoms with E-state index in [0.717, 1.165) is 11.8 Å². The van der Waals surface area contributed by atoms with Crippen LogP contribution >= 0.6 is 0 Å². The average Bonchev–Trinajstić information content (AvgIpc) is 2.91. The average molecular weight is 440 g/mol. The van der Waals surface area contributed by atoms with Gasteiger partial charge in [0.1, 0.15) is 0 Å². The van der Waals surface area contributed by atoms with Crippen LogP contribution in [-0.4, -0.2) is 18.5 Å². The van der Waals surface area contributed by atoms with E-state index in [1.54, 1.807) is 0 Å². The molecule has 182 valence electrons. The Morgan fingerprint density at radius 2 is 1.25 bits per heavy atom.